The van der Waals surface area contributed by atoms with Crippen molar-refractivity contribution in [3.05, 3.63) is 71.8 Å². The summed E-state index contributed by atoms with van der Waals surface area (Å²) in [6, 6.07) is 20.9. The highest BCUT2D eigenvalue weighted by molar-refractivity contribution is 5.96. The summed E-state index contributed by atoms with van der Waals surface area (Å²) in [5.74, 6) is 0.128. The molecule has 0 radical (unpaired) electrons. The lowest BCUT2D eigenvalue weighted by molar-refractivity contribution is -0.116. The SMILES string of the molecule is O=C1CCc2ccccc2N1.c1ccc2c3c(ccc2c1)CCN3. The molecule has 2 heterocycles. The minimum absolute atomic E-state index is 0.128. The number of benzene rings is 3. The minimum atomic E-state index is 0.128. The van der Waals surface area contributed by atoms with Crippen LogP contribution in [0.3, 0.4) is 0 Å². The van der Waals surface area contributed by atoms with Gasteiger partial charge in [0.25, 0.3) is 0 Å². The van der Waals surface area contributed by atoms with Gasteiger partial charge in [-0.25, -0.2) is 0 Å². The number of nitrogens with one attached hydrogen (secondary N) is 2. The van der Waals surface area contributed by atoms with E-state index in [4.69, 9.17) is 0 Å². The maximum atomic E-state index is 10.9. The highest BCUT2D eigenvalue weighted by Crippen LogP contribution is 2.30. The van der Waals surface area contributed by atoms with Gasteiger partial charge in [0.15, 0.2) is 0 Å². The number of carbonyl (C=O) groups excluding carboxylic acids is 1. The van der Waals surface area contributed by atoms with Gasteiger partial charge in [0, 0.05) is 29.7 Å². The lowest BCUT2D eigenvalue weighted by atomic mass is 10.0. The quantitative estimate of drug-likeness (QED) is 0.646. The van der Waals surface area contributed by atoms with Gasteiger partial charge in [-0.15, -0.1) is 0 Å². The van der Waals surface area contributed by atoms with Gasteiger partial charge in [0.05, 0.1) is 0 Å². The number of hydrogen-bond acceptors (Lipinski definition) is 2. The van der Waals surface area contributed by atoms with Crippen molar-refractivity contribution in [3.8, 4) is 0 Å². The van der Waals surface area contributed by atoms with Crippen LogP contribution in [0.15, 0.2) is 60.7 Å². The molecule has 2 aliphatic heterocycles. The molecule has 120 valence electrons. The highest BCUT2D eigenvalue weighted by Gasteiger charge is 2.13. The Balaban J connectivity index is 0.000000123. The molecule has 0 unspecified atom stereocenters. The van der Waals surface area contributed by atoms with Gasteiger partial charge in [-0.1, -0.05) is 54.6 Å². The third kappa shape index (κ3) is 2.85. The second-order valence-electron chi connectivity index (χ2n) is 6.20. The number of amides is 1. The normalized spacial score (nSPS) is 14.8. The molecule has 3 heteroatoms. The van der Waals surface area contributed by atoms with Crippen LogP contribution in [0.5, 0.6) is 0 Å². The van der Waals surface area contributed by atoms with E-state index in [0.717, 1.165) is 18.7 Å². The van der Waals surface area contributed by atoms with Crippen LogP contribution in [0.2, 0.25) is 0 Å². The smallest absolute Gasteiger partial charge is 0.224 e. The topological polar surface area (TPSA) is 41.1 Å². The summed E-state index contributed by atoms with van der Waals surface area (Å²) in [6.45, 7) is 1.09. The van der Waals surface area contributed by atoms with E-state index in [2.05, 4.69) is 53.1 Å². The molecular formula is C21H20N2O. The third-order valence-electron chi connectivity index (χ3n) is 4.62. The Morgan fingerprint density at radius 3 is 2.54 bits per heavy atom. The van der Waals surface area contributed by atoms with E-state index in [1.165, 1.54) is 34.0 Å². The van der Waals surface area contributed by atoms with Crippen molar-refractivity contribution in [2.75, 3.05) is 17.2 Å². The Labute approximate surface area is 141 Å². The van der Waals surface area contributed by atoms with Gasteiger partial charge in [0.1, 0.15) is 0 Å². The van der Waals surface area contributed by atoms with Crippen LogP contribution in [0.1, 0.15) is 17.5 Å². The summed E-state index contributed by atoms with van der Waals surface area (Å²) in [4.78, 5) is 10.9. The standard InChI is InChI=1S/C12H11N.C9H9NO/c1-2-4-11-9(3-1)5-6-10-7-8-13-12(10)11;11-9-6-5-7-3-1-2-4-8(7)10-9/h1-6,13H,7-8H2;1-4H,5-6H2,(H,10,11). The van der Waals surface area contributed by atoms with Crippen molar-refractivity contribution in [1.29, 1.82) is 0 Å². The van der Waals surface area contributed by atoms with Crippen LogP contribution in [0, 0.1) is 0 Å². The first-order valence-corrected chi connectivity index (χ1v) is 8.43. The van der Waals surface area contributed by atoms with Crippen molar-refractivity contribution in [3.63, 3.8) is 0 Å². The minimum Gasteiger partial charge on any atom is -0.384 e. The van der Waals surface area contributed by atoms with E-state index < -0.39 is 0 Å². The van der Waals surface area contributed by atoms with Gasteiger partial charge < -0.3 is 10.6 Å². The molecule has 0 saturated carbocycles. The monoisotopic (exact) mass is 316 g/mol. The fraction of sp³-hybridized carbons (Fsp3) is 0.190. The van der Waals surface area contributed by atoms with Crippen LogP contribution in [0.25, 0.3) is 10.8 Å². The summed E-state index contributed by atoms with van der Waals surface area (Å²) < 4.78 is 0. The van der Waals surface area contributed by atoms with Crippen molar-refractivity contribution in [2.45, 2.75) is 19.3 Å². The molecule has 0 aliphatic carbocycles. The summed E-state index contributed by atoms with van der Waals surface area (Å²) in [7, 11) is 0. The van der Waals surface area contributed by atoms with Gasteiger partial charge in [0.2, 0.25) is 5.91 Å². The number of para-hydroxylation sites is 1. The summed E-state index contributed by atoms with van der Waals surface area (Å²) in [5.41, 5.74) is 5.02. The molecule has 2 N–H and O–H groups in total. The first-order valence-electron chi connectivity index (χ1n) is 8.43. The molecule has 3 nitrogen and oxygen atoms in total. The van der Waals surface area contributed by atoms with E-state index in [1.807, 2.05) is 18.2 Å². The zero-order chi connectivity index (χ0) is 16.4. The molecule has 0 aromatic heterocycles. The summed E-state index contributed by atoms with van der Waals surface area (Å²) >= 11 is 0. The van der Waals surface area contributed by atoms with E-state index in [0.29, 0.717) is 6.42 Å². The van der Waals surface area contributed by atoms with Crippen LogP contribution >= 0.6 is 0 Å². The van der Waals surface area contributed by atoms with Gasteiger partial charge in [-0.2, -0.15) is 0 Å². The van der Waals surface area contributed by atoms with E-state index in [-0.39, 0.29) is 5.91 Å². The highest BCUT2D eigenvalue weighted by atomic mass is 16.1. The summed E-state index contributed by atoms with van der Waals surface area (Å²) in [6.07, 6.45) is 2.67. The van der Waals surface area contributed by atoms with E-state index in [1.54, 1.807) is 0 Å². The number of carbonyl (C=O) groups is 1. The van der Waals surface area contributed by atoms with Crippen LogP contribution in [-0.2, 0) is 17.6 Å². The van der Waals surface area contributed by atoms with Crippen LogP contribution in [0.4, 0.5) is 11.4 Å². The molecule has 2 aliphatic rings. The Morgan fingerprint density at radius 1 is 0.750 bits per heavy atom. The maximum absolute atomic E-state index is 10.9. The first kappa shape index (κ1) is 14.8. The van der Waals surface area contributed by atoms with Gasteiger partial charge >= 0.3 is 0 Å². The molecule has 0 saturated heterocycles. The third-order valence-corrected chi connectivity index (χ3v) is 4.62. The van der Waals surface area contributed by atoms with E-state index in [9.17, 15) is 4.79 Å². The number of fused-ring (bicyclic) bond motifs is 4. The zero-order valence-electron chi connectivity index (χ0n) is 13.5. The fourth-order valence-electron chi connectivity index (χ4n) is 3.38. The number of aryl methyl sites for hydroxylation is 1. The molecule has 1 amide bonds. The van der Waals surface area contributed by atoms with Crippen molar-refractivity contribution in [2.24, 2.45) is 0 Å². The molecule has 0 fully saturated rings. The lowest BCUT2D eigenvalue weighted by Gasteiger charge is -2.15. The molecule has 5 rings (SSSR count). The maximum Gasteiger partial charge on any atom is 0.224 e. The van der Waals surface area contributed by atoms with Crippen LogP contribution < -0.4 is 10.6 Å². The largest absolute Gasteiger partial charge is 0.384 e. The number of rotatable bonds is 0. The second kappa shape index (κ2) is 6.36. The zero-order valence-corrected chi connectivity index (χ0v) is 13.5. The molecule has 3 aromatic rings. The average molecular weight is 316 g/mol. The predicted molar refractivity (Wildman–Crippen MR) is 99.5 cm³/mol. The second-order valence-corrected chi connectivity index (χ2v) is 6.20. The first-order chi connectivity index (χ1) is 11.8. The van der Waals surface area contributed by atoms with E-state index >= 15 is 0 Å². The van der Waals surface area contributed by atoms with Crippen molar-refractivity contribution >= 4 is 28.1 Å². The molecule has 3 aromatic carbocycles. The number of hydrogen-bond donors (Lipinski definition) is 2. The van der Waals surface area contributed by atoms with Crippen molar-refractivity contribution < 1.29 is 4.79 Å². The Kier molecular flexibility index (Phi) is 3.91. The van der Waals surface area contributed by atoms with Crippen molar-refractivity contribution in [1.82, 2.24) is 0 Å². The lowest BCUT2D eigenvalue weighted by Crippen LogP contribution is -2.18. The van der Waals surface area contributed by atoms with Gasteiger partial charge in [-0.05, 0) is 35.4 Å². The Hall–Kier alpha value is -2.81. The molecule has 0 spiro atoms. The van der Waals surface area contributed by atoms with Gasteiger partial charge in [-0.3, -0.25) is 4.79 Å². The summed E-state index contributed by atoms with van der Waals surface area (Å²) in [5, 5.41) is 8.95. The Bertz CT molecular complexity index is 901. The fourth-order valence-corrected chi connectivity index (χ4v) is 3.38. The molecule has 24 heavy (non-hydrogen) atoms. The Morgan fingerprint density at radius 2 is 1.58 bits per heavy atom. The molecule has 0 bridgehead atoms. The average Bonchev–Trinajstić information content (AvgIpc) is 3.11. The number of anilines is 2. The van der Waals surface area contributed by atoms with Crippen LogP contribution in [-0.4, -0.2) is 12.5 Å². The molecule has 0 atom stereocenters. The molecular weight excluding hydrogens is 296 g/mol. The predicted octanol–water partition coefficient (Wildman–Crippen LogP) is 4.38.